The third-order valence-corrected chi connectivity index (χ3v) is 4.30. The highest BCUT2D eigenvalue weighted by molar-refractivity contribution is 7.89. The van der Waals surface area contributed by atoms with Gasteiger partial charge in [-0.05, 0) is 25.7 Å². The minimum Gasteiger partial charge on any atom is -0.342 e. The first-order valence-electron chi connectivity index (χ1n) is 5.69. The fourth-order valence-corrected chi connectivity index (χ4v) is 2.19. The molecular weight excluding hydrogens is 228 g/mol. The van der Waals surface area contributed by atoms with Crippen LogP contribution in [0.15, 0.2) is 0 Å². The van der Waals surface area contributed by atoms with E-state index in [-0.39, 0.29) is 18.2 Å². The van der Waals surface area contributed by atoms with Gasteiger partial charge < -0.3 is 4.90 Å². The van der Waals surface area contributed by atoms with Gasteiger partial charge >= 0.3 is 0 Å². The van der Waals surface area contributed by atoms with Gasteiger partial charge in [-0.15, -0.1) is 0 Å². The lowest BCUT2D eigenvalue weighted by atomic mass is 9.99. The zero-order chi connectivity index (χ0) is 12.2. The van der Waals surface area contributed by atoms with Crippen molar-refractivity contribution in [1.82, 2.24) is 9.62 Å². The van der Waals surface area contributed by atoms with Crippen molar-refractivity contribution >= 4 is 15.9 Å². The first-order valence-corrected chi connectivity index (χ1v) is 7.35. The van der Waals surface area contributed by atoms with Crippen LogP contribution in [-0.2, 0) is 14.8 Å². The molecule has 0 saturated carbocycles. The van der Waals surface area contributed by atoms with Gasteiger partial charge in [0.25, 0.3) is 0 Å². The molecule has 0 unspecified atom stereocenters. The monoisotopic (exact) mass is 248 g/mol. The number of carbonyl (C=O) groups is 1. The molecule has 1 heterocycles. The van der Waals surface area contributed by atoms with E-state index in [4.69, 9.17) is 0 Å². The van der Waals surface area contributed by atoms with Gasteiger partial charge in [0.15, 0.2) is 0 Å². The number of amides is 1. The van der Waals surface area contributed by atoms with E-state index in [2.05, 4.69) is 11.6 Å². The summed E-state index contributed by atoms with van der Waals surface area (Å²) < 4.78 is 24.6. The van der Waals surface area contributed by atoms with Gasteiger partial charge in [-0.1, -0.05) is 6.92 Å². The van der Waals surface area contributed by atoms with Gasteiger partial charge in [-0.25, -0.2) is 13.1 Å². The summed E-state index contributed by atoms with van der Waals surface area (Å²) in [5.41, 5.74) is 0. The predicted octanol–water partition coefficient (Wildman–Crippen LogP) is 0.184. The smallest absolute Gasteiger partial charge is 0.237 e. The highest BCUT2D eigenvalue weighted by Crippen LogP contribution is 2.15. The van der Waals surface area contributed by atoms with E-state index in [0.29, 0.717) is 5.92 Å². The highest BCUT2D eigenvalue weighted by Gasteiger charge is 2.20. The lowest BCUT2D eigenvalue weighted by molar-refractivity contribution is -0.131. The molecule has 0 aliphatic carbocycles. The van der Waals surface area contributed by atoms with Crippen molar-refractivity contribution < 1.29 is 13.2 Å². The Morgan fingerprint density at radius 3 is 2.44 bits per heavy atom. The number of hydrogen-bond acceptors (Lipinski definition) is 3. The molecule has 1 saturated heterocycles. The van der Waals surface area contributed by atoms with Crippen LogP contribution in [0.25, 0.3) is 0 Å². The van der Waals surface area contributed by atoms with E-state index in [9.17, 15) is 13.2 Å². The summed E-state index contributed by atoms with van der Waals surface area (Å²) in [6, 6.07) is 0. The van der Waals surface area contributed by atoms with Gasteiger partial charge in [-0.3, -0.25) is 4.79 Å². The maximum Gasteiger partial charge on any atom is 0.237 e. The van der Waals surface area contributed by atoms with Gasteiger partial charge in [0, 0.05) is 13.1 Å². The van der Waals surface area contributed by atoms with Crippen LogP contribution in [-0.4, -0.2) is 44.6 Å². The zero-order valence-corrected chi connectivity index (χ0v) is 10.7. The van der Waals surface area contributed by atoms with Gasteiger partial charge in [0.05, 0.1) is 12.3 Å². The summed E-state index contributed by atoms with van der Waals surface area (Å²) in [7, 11) is -3.26. The van der Waals surface area contributed by atoms with E-state index in [0.717, 1.165) is 25.9 Å². The molecule has 16 heavy (non-hydrogen) atoms. The number of hydrogen-bond donors (Lipinski definition) is 1. The lowest BCUT2D eigenvalue weighted by Crippen LogP contribution is -2.44. The first-order chi connectivity index (χ1) is 7.44. The quantitative estimate of drug-likeness (QED) is 0.772. The largest absolute Gasteiger partial charge is 0.342 e. The van der Waals surface area contributed by atoms with E-state index >= 15 is 0 Å². The van der Waals surface area contributed by atoms with Crippen molar-refractivity contribution in [3.63, 3.8) is 0 Å². The van der Waals surface area contributed by atoms with Crippen molar-refractivity contribution in [1.29, 1.82) is 0 Å². The topological polar surface area (TPSA) is 66.5 Å². The summed E-state index contributed by atoms with van der Waals surface area (Å²) in [4.78, 5) is 13.4. The summed E-state index contributed by atoms with van der Waals surface area (Å²) in [6.45, 7) is 5.10. The average molecular weight is 248 g/mol. The van der Waals surface area contributed by atoms with E-state index in [1.807, 2.05) is 0 Å². The fraction of sp³-hybridized carbons (Fsp3) is 0.900. The number of nitrogens with zero attached hydrogens (tertiary/aromatic N) is 1. The summed E-state index contributed by atoms with van der Waals surface area (Å²) in [5, 5.41) is 0. The molecule has 0 aromatic heterocycles. The zero-order valence-electron chi connectivity index (χ0n) is 9.90. The molecule has 94 valence electrons. The molecule has 6 heteroatoms. The van der Waals surface area contributed by atoms with Crippen LogP contribution in [0.3, 0.4) is 0 Å². The SMILES string of the molecule is CCS(=O)(=O)NCC(=O)N1CCC(C)CC1. The second-order valence-corrected chi connectivity index (χ2v) is 6.38. The van der Waals surface area contributed by atoms with Crippen LogP contribution < -0.4 is 4.72 Å². The van der Waals surface area contributed by atoms with Crippen LogP contribution in [0.5, 0.6) is 0 Å². The number of likely N-dealkylation sites (tertiary alicyclic amines) is 1. The Hall–Kier alpha value is -0.620. The molecule has 5 nitrogen and oxygen atoms in total. The molecule has 0 spiro atoms. The number of sulfonamides is 1. The maximum absolute atomic E-state index is 11.7. The number of nitrogens with one attached hydrogen (secondary N) is 1. The van der Waals surface area contributed by atoms with E-state index in [1.54, 1.807) is 11.8 Å². The fourth-order valence-electron chi connectivity index (χ4n) is 1.64. The second-order valence-electron chi connectivity index (χ2n) is 4.29. The molecule has 1 aliphatic rings. The number of carbonyl (C=O) groups excluding carboxylic acids is 1. The highest BCUT2D eigenvalue weighted by atomic mass is 32.2. The van der Waals surface area contributed by atoms with Crippen molar-refractivity contribution in [3.05, 3.63) is 0 Å². The van der Waals surface area contributed by atoms with Gasteiger partial charge in [0.1, 0.15) is 0 Å². The van der Waals surface area contributed by atoms with Gasteiger partial charge in [0.2, 0.25) is 15.9 Å². The van der Waals surface area contributed by atoms with Crippen molar-refractivity contribution in [2.45, 2.75) is 26.7 Å². The van der Waals surface area contributed by atoms with Crippen LogP contribution in [0.4, 0.5) is 0 Å². The minimum atomic E-state index is -3.26. The van der Waals surface area contributed by atoms with Crippen molar-refractivity contribution in [2.75, 3.05) is 25.4 Å². The molecule has 1 fully saturated rings. The average Bonchev–Trinajstić information content (AvgIpc) is 2.27. The Balaban J connectivity index is 2.36. The Bertz CT molecular complexity index is 332. The standard InChI is InChI=1S/C10H20N2O3S/c1-3-16(14,15)11-8-10(13)12-6-4-9(2)5-7-12/h9,11H,3-8H2,1-2H3. The van der Waals surface area contributed by atoms with Crippen molar-refractivity contribution in [3.8, 4) is 0 Å². The number of piperidine rings is 1. The Labute approximate surface area is 97.2 Å². The predicted molar refractivity (Wildman–Crippen MR) is 62.4 cm³/mol. The summed E-state index contributed by atoms with van der Waals surface area (Å²) in [5.74, 6) is 0.553. The normalized spacial score (nSPS) is 18.8. The molecule has 1 rings (SSSR count). The van der Waals surface area contributed by atoms with Crippen LogP contribution >= 0.6 is 0 Å². The maximum atomic E-state index is 11.7. The van der Waals surface area contributed by atoms with Crippen LogP contribution in [0.1, 0.15) is 26.7 Å². The summed E-state index contributed by atoms with van der Waals surface area (Å²) in [6.07, 6.45) is 2.01. The molecule has 1 amide bonds. The second kappa shape index (κ2) is 5.63. The Morgan fingerprint density at radius 1 is 1.38 bits per heavy atom. The Morgan fingerprint density at radius 2 is 1.94 bits per heavy atom. The summed E-state index contributed by atoms with van der Waals surface area (Å²) >= 11 is 0. The number of rotatable bonds is 4. The lowest BCUT2D eigenvalue weighted by Gasteiger charge is -2.30. The minimum absolute atomic E-state index is 0.0112. The molecule has 1 N–H and O–H groups in total. The van der Waals surface area contributed by atoms with Crippen molar-refractivity contribution in [2.24, 2.45) is 5.92 Å². The van der Waals surface area contributed by atoms with Crippen LogP contribution in [0, 0.1) is 5.92 Å². The first kappa shape index (κ1) is 13.4. The van der Waals surface area contributed by atoms with E-state index < -0.39 is 10.0 Å². The third-order valence-electron chi connectivity index (χ3n) is 2.96. The molecule has 1 aliphatic heterocycles. The molecule has 0 bridgehead atoms. The van der Waals surface area contributed by atoms with E-state index in [1.165, 1.54) is 0 Å². The van der Waals surface area contributed by atoms with Crippen LogP contribution in [0.2, 0.25) is 0 Å². The molecular formula is C10H20N2O3S. The molecule has 0 aromatic rings. The molecule has 0 radical (unpaired) electrons. The Kier molecular flexibility index (Phi) is 4.73. The van der Waals surface area contributed by atoms with Gasteiger partial charge in [-0.2, -0.15) is 0 Å². The molecule has 0 atom stereocenters. The molecule has 0 aromatic carbocycles. The third kappa shape index (κ3) is 4.09.